The molecule has 2 rings (SSSR count). The lowest BCUT2D eigenvalue weighted by atomic mass is 9.76. The molecule has 2 heterocycles. The number of carbonyl (C=O) groups is 2. The molecule has 21 heavy (non-hydrogen) atoms. The Morgan fingerprint density at radius 1 is 1.38 bits per heavy atom. The summed E-state index contributed by atoms with van der Waals surface area (Å²) >= 11 is 0. The van der Waals surface area contributed by atoms with Crippen molar-refractivity contribution in [3.05, 3.63) is 0 Å². The molecule has 2 aliphatic heterocycles. The van der Waals surface area contributed by atoms with Crippen molar-refractivity contribution in [2.24, 2.45) is 5.41 Å². The van der Waals surface area contributed by atoms with Crippen LogP contribution in [0.2, 0.25) is 0 Å². The first-order chi connectivity index (χ1) is 9.81. The SMILES string of the molecule is CC1CC(NC(=O)N2CCCC(C)(C)C2C(=O)O)CCO1. The molecule has 2 saturated heterocycles. The number of urea groups is 1. The number of nitrogens with one attached hydrogen (secondary N) is 1. The Morgan fingerprint density at radius 2 is 2.10 bits per heavy atom. The number of hydrogen-bond acceptors (Lipinski definition) is 3. The molecule has 2 fully saturated rings. The number of hydrogen-bond donors (Lipinski definition) is 2. The van der Waals surface area contributed by atoms with E-state index in [1.165, 1.54) is 4.90 Å². The Labute approximate surface area is 125 Å². The second-order valence-electron chi connectivity index (χ2n) is 6.88. The third kappa shape index (κ3) is 3.67. The number of likely N-dealkylation sites (tertiary alicyclic amines) is 1. The third-order valence-electron chi connectivity index (χ3n) is 4.58. The lowest BCUT2D eigenvalue weighted by Crippen LogP contribution is -2.60. The molecule has 0 bridgehead atoms. The lowest BCUT2D eigenvalue weighted by molar-refractivity contribution is -0.148. The van der Waals surface area contributed by atoms with Gasteiger partial charge < -0.3 is 20.1 Å². The van der Waals surface area contributed by atoms with Crippen molar-refractivity contribution < 1.29 is 19.4 Å². The molecule has 2 aliphatic rings. The van der Waals surface area contributed by atoms with Crippen LogP contribution in [0.4, 0.5) is 4.79 Å². The molecule has 2 amide bonds. The molecule has 0 aromatic rings. The van der Waals surface area contributed by atoms with Crippen LogP contribution in [-0.2, 0) is 9.53 Å². The summed E-state index contributed by atoms with van der Waals surface area (Å²) in [4.78, 5) is 25.6. The predicted molar refractivity (Wildman–Crippen MR) is 78.1 cm³/mol. The first-order valence-electron chi connectivity index (χ1n) is 7.73. The van der Waals surface area contributed by atoms with Crippen LogP contribution in [0.3, 0.4) is 0 Å². The number of carboxylic acid groups (broad SMARTS) is 1. The molecule has 0 spiro atoms. The van der Waals surface area contributed by atoms with E-state index in [1.54, 1.807) is 0 Å². The minimum atomic E-state index is -0.921. The highest BCUT2D eigenvalue weighted by atomic mass is 16.5. The molecule has 0 aromatic carbocycles. The van der Waals surface area contributed by atoms with E-state index in [0.717, 1.165) is 25.7 Å². The number of aliphatic carboxylic acids is 1. The number of carbonyl (C=O) groups excluding carboxylic acids is 1. The molecule has 2 N–H and O–H groups in total. The highest BCUT2D eigenvalue weighted by molar-refractivity contribution is 5.83. The van der Waals surface area contributed by atoms with Gasteiger partial charge in [-0.05, 0) is 38.0 Å². The van der Waals surface area contributed by atoms with Gasteiger partial charge in [0.15, 0.2) is 0 Å². The van der Waals surface area contributed by atoms with Gasteiger partial charge in [0.25, 0.3) is 0 Å². The number of carboxylic acids is 1. The summed E-state index contributed by atoms with van der Waals surface area (Å²) in [5, 5.41) is 12.5. The van der Waals surface area contributed by atoms with Crippen LogP contribution in [0.1, 0.15) is 46.5 Å². The van der Waals surface area contributed by atoms with Crippen molar-refractivity contribution in [1.82, 2.24) is 10.2 Å². The Kier molecular flexibility index (Phi) is 4.76. The summed E-state index contributed by atoms with van der Waals surface area (Å²) in [5.74, 6) is -0.921. The first kappa shape index (κ1) is 16.1. The minimum absolute atomic E-state index is 0.0701. The van der Waals surface area contributed by atoms with E-state index < -0.39 is 17.4 Å². The van der Waals surface area contributed by atoms with Crippen LogP contribution in [0, 0.1) is 5.41 Å². The Morgan fingerprint density at radius 3 is 2.71 bits per heavy atom. The Hall–Kier alpha value is -1.30. The zero-order valence-electron chi connectivity index (χ0n) is 13.1. The van der Waals surface area contributed by atoms with Crippen molar-refractivity contribution in [2.75, 3.05) is 13.2 Å². The van der Waals surface area contributed by atoms with Crippen molar-refractivity contribution >= 4 is 12.0 Å². The van der Waals surface area contributed by atoms with E-state index in [0.29, 0.717) is 13.2 Å². The molecule has 0 saturated carbocycles. The van der Waals surface area contributed by atoms with Crippen molar-refractivity contribution in [1.29, 1.82) is 0 Å². The number of ether oxygens (including phenoxy) is 1. The van der Waals surface area contributed by atoms with Crippen LogP contribution in [0.15, 0.2) is 0 Å². The van der Waals surface area contributed by atoms with Crippen molar-refractivity contribution in [3.63, 3.8) is 0 Å². The quantitative estimate of drug-likeness (QED) is 0.815. The molecular formula is C15H26N2O4. The maximum Gasteiger partial charge on any atom is 0.327 e. The molecule has 0 aromatic heterocycles. The van der Waals surface area contributed by atoms with Crippen LogP contribution in [0.25, 0.3) is 0 Å². The molecule has 0 aliphatic carbocycles. The van der Waals surface area contributed by atoms with Gasteiger partial charge in [0.1, 0.15) is 6.04 Å². The molecule has 3 unspecified atom stereocenters. The first-order valence-corrected chi connectivity index (χ1v) is 7.73. The van der Waals surface area contributed by atoms with Gasteiger partial charge in [-0.15, -0.1) is 0 Å². The van der Waals surface area contributed by atoms with Gasteiger partial charge in [0.2, 0.25) is 0 Å². The third-order valence-corrected chi connectivity index (χ3v) is 4.58. The second-order valence-corrected chi connectivity index (χ2v) is 6.88. The topological polar surface area (TPSA) is 78.9 Å². The van der Waals surface area contributed by atoms with Crippen molar-refractivity contribution in [2.45, 2.75) is 64.6 Å². The Balaban J connectivity index is 2.04. The monoisotopic (exact) mass is 298 g/mol. The molecule has 120 valence electrons. The van der Waals surface area contributed by atoms with Crippen LogP contribution < -0.4 is 5.32 Å². The number of rotatable bonds is 2. The fraction of sp³-hybridized carbons (Fsp3) is 0.867. The standard InChI is InChI=1S/C15H26N2O4/c1-10-9-11(5-8-21-10)16-14(20)17-7-4-6-15(2,3)12(17)13(18)19/h10-12H,4-9H2,1-3H3,(H,16,20)(H,18,19). The van der Waals surface area contributed by atoms with Crippen LogP contribution in [0.5, 0.6) is 0 Å². The van der Waals surface area contributed by atoms with E-state index in [2.05, 4.69) is 5.32 Å². The average molecular weight is 298 g/mol. The maximum atomic E-state index is 12.5. The van der Waals surface area contributed by atoms with Gasteiger partial charge in [0, 0.05) is 19.2 Å². The van der Waals surface area contributed by atoms with Gasteiger partial charge in [-0.3, -0.25) is 0 Å². The lowest BCUT2D eigenvalue weighted by Gasteiger charge is -2.44. The second kappa shape index (κ2) is 6.22. The summed E-state index contributed by atoms with van der Waals surface area (Å²) in [7, 11) is 0. The molecule has 3 atom stereocenters. The summed E-state index contributed by atoms with van der Waals surface area (Å²) < 4.78 is 5.47. The zero-order valence-corrected chi connectivity index (χ0v) is 13.1. The predicted octanol–water partition coefficient (Wildman–Crippen LogP) is 1.84. The summed E-state index contributed by atoms with van der Waals surface area (Å²) in [6, 6.07) is -0.946. The highest BCUT2D eigenvalue weighted by Gasteiger charge is 2.44. The van der Waals surface area contributed by atoms with Gasteiger partial charge in [-0.2, -0.15) is 0 Å². The van der Waals surface area contributed by atoms with Crippen LogP contribution in [-0.4, -0.2) is 53.3 Å². The smallest absolute Gasteiger partial charge is 0.327 e. The summed E-state index contributed by atoms with van der Waals surface area (Å²) in [6.07, 6.45) is 3.36. The fourth-order valence-corrected chi connectivity index (χ4v) is 3.47. The van der Waals surface area contributed by atoms with Crippen LogP contribution >= 0.6 is 0 Å². The number of amides is 2. The zero-order chi connectivity index (χ0) is 15.6. The van der Waals surface area contributed by atoms with E-state index in [4.69, 9.17) is 4.74 Å². The molecule has 6 heteroatoms. The maximum absolute atomic E-state index is 12.5. The summed E-state index contributed by atoms with van der Waals surface area (Å²) in [5.41, 5.74) is -0.398. The largest absolute Gasteiger partial charge is 0.480 e. The summed E-state index contributed by atoms with van der Waals surface area (Å²) in [6.45, 7) is 6.97. The molecule has 0 radical (unpaired) electrons. The van der Waals surface area contributed by atoms with Gasteiger partial charge in [-0.1, -0.05) is 13.8 Å². The normalized spacial score (nSPS) is 32.5. The van der Waals surface area contributed by atoms with E-state index in [-0.39, 0.29) is 18.2 Å². The molecular weight excluding hydrogens is 272 g/mol. The van der Waals surface area contributed by atoms with E-state index in [9.17, 15) is 14.7 Å². The van der Waals surface area contributed by atoms with Gasteiger partial charge in [0.05, 0.1) is 6.10 Å². The minimum Gasteiger partial charge on any atom is -0.480 e. The van der Waals surface area contributed by atoms with E-state index >= 15 is 0 Å². The van der Waals surface area contributed by atoms with Crippen molar-refractivity contribution in [3.8, 4) is 0 Å². The number of nitrogens with zero attached hydrogens (tertiary/aromatic N) is 1. The highest BCUT2D eigenvalue weighted by Crippen LogP contribution is 2.35. The number of piperidine rings is 1. The van der Waals surface area contributed by atoms with E-state index in [1.807, 2.05) is 20.8 Å². The average Bonchev–Trinajstić information content (AvgIpc) is 2.36. The van der Waals surface area contributed by atoms with Gasteiger partial charge in [-0.25, -0.2) is 9.59 Å². The fourth-order valence-electron chi connectivity index (χ4n) is 3.47. The Bertz CT molecular complexity index is 410. The van der Waals surface area contributed by atoms with Gasteiger partial charge >= 0.3 is 12.0 Å². The molecule has 6 nitrogen and oxygen atoms in total.